The molecule has 0 N–H and O–H groups in total. The lowest BCUT2D eigenvalue weighted by Gasteiger charge is -2.29. The lowest BCUT2D eigenvalue weighted by Crippen LogP contribution is -2.42. The number of hydrogen-bond donors (Lipinski definition) is 0. The Labute approximate surface area is 125 Å². The van der Waals surface area contributed by atoms with Crippen LogP contribution in [0.15, 0.2) is 0 Å². The molecular weight excluding hydrogens is 274 g/mol. The molecule has 0 radical (unpaired) electrons. The number of carbonyl (C=O) groups is 3. The van der Waals surface area contributed by atoms with E-state index >= 15 is 0 Å². The summed E-state index contributed by atoms with van der Waals surface area (Å²) in [6.45, 7) is 7.22. The second-order valence-electron chi connectivity index (χ2n) is 6.28. The smallest absolute Gasteiger partial charge is 0.410 e. The number of rotatable bonds is 4. The third-order valence-electron chi connectivity index (χ3n) is 3.39. The number of methoxy groups -OCH3 is 1. The second kappa shape index (κ2) is 6.91. The van der Waals surface area contributed by atoms with Crippen molar-refractivity contribution in [3.8, 4) is 0 Å². The average Bonchev–Trinajstić information content (AvgIpc) is 2.70. The van der Waals surface area contributed by atoms with Gasteiger partial charge in [-0.05, 0) is 27.2 Å². The van der Waals surface area contributed by atoms with Gasteiger partial charge in [-0.3, -0.25) is 14.5 Å². The summed E-state index contributed by atoms with van der Waals surface area (Å²) >= 11 is 0. The van der Waals surface area contributed by atoms with E-state index in [4.69, 9.17) is 9.47 Å². The molecule has 1 fully saturated rings. The van der Waals surface area contributed by atoms with Crippen LogP contribution in [0.2, 0.25) is 0 Å². The molecule has 1 rings (SSSR count). The second-order valence-corrected chi connectivity index (χ2v) is 6.28. The third kappa shape index (κ3) is 4.44. The van der Waals surface area contributed by atoms with E-state index in [9.17, 15) is 14.4 Å². The average molecular weight is 299 g/mol. The summed E-state index contributed by atoms with van der Waals surface area (Å²) in [5.74, 6) is -1.75. The first kappa shape index (κ1) is 17.5. The fourth-order valence-corrected chi connectivity index (χ4v) is 2.45. The first-order valence-electron chi connectivity index (χ1n) is 7.31. The lowest BCUT2D eigenvalue weighted by molar-refractivity contribution is -0.148. The standard InChI is InChI=1S/C15H25NO5/c1-6-7-8-10-12(13(18)20-5)11(17)9-16(10)14(19)21-15(2,3)4/h10,12H,6-9H2,1-5H3/t10-,12?/m1/s1. The first-order chi connectivity index (χ1) is 9.71. The monoisotopic (exact) mass is 299 g/mol. The molecule has 1 aliphatic rings. The fourth-order valence-electron chi connectivity index (χ4n) is 2.45. The number of amides is 1. The van der Waals surface area contributed by atoms with Crippen molar-refractivity contribution in [3.63, 3.8) is 0 Å². The van der Waals surface area contributed by atoms with Crippen molar-refractivity contribution in [2.75, 3.05) is 13.7 Å². The summed E-state index contributed by atoms with van der Waals surface area (Å²) < 4.78 is 10.0. The predicted molar refractivity (Wildman–Crippen MR) is 76.8 cm³/mol. The number of Topliss-reactive ketones (excluding diaryl/α,β-unsaturated/α-hetero) is 1. The predicted octanol–water partition coefficient (Wildman–Crippen LogP) is 2.15. The van der Waals surface area contributed by atoms with Crippen molar-refractivity contribution in [1.82, 2.24) is 4.90 Å². The Balaban J connectivity index is 2.94. The van der Waals surface area contributed by atoms with E-state index in [2.05, 4.69) is 0 Å². The number of nitrogens with zero attached hydrogens (tertiary/aromatic N) is 1. The highest BCUT2D eigenvalue weighted by molar-refractivity contribution is 6.04. The van der Waals surface area contributed by atoms with Crippen molar-refractivity contribution in [2.24, 2.45) is 5.92 Å². The molecule has 0 aliphatic carbocycles. The normalized spacial score (nSPS) is 22.3. The minimum Gasteiger partial charge on any atom is -0.468 e. The molecule has 0 bridgehead atoms. The molecule has 0 aromatic heterocycles. The van der Waals surface area contributed by atoms with Crippen LogP contribution in [0.25, 0.3) is 0 Å². The molecule has 1 heterocycles. The molecule has 1 amide bonds. The highest BCUT2D eigenvalue weighted by Crippen LogP contribution is 2.28. The van der Waals surface area contributed by atoms with E-state index in [1.54, 1.807) is 20.8 Å². The molecule has 1 aliphatic heterocycles. The minimum absolute atomic E-state index is 0.0942. The molecule has 120 valence electrons. The molecular formula is C15H25NO5. The van der Waals surface area contributed by atoms with E-state index < -0.39 is 29.6 Å². The summed E-state index contributed by atoms with van der Waals surface area (Å²) in [5, 5.41) is 0. The Kier molecular flexibility index (Phi) is 5.75. The van der Waals surface area contributed by atoms with Gasteiger partial charge >= 0.3 is 12.1 Å². The van der Waals surface area contributed by atoms with Crippen LogP contribution in [0.4, 0.5) is 4.79 Å². The highest BCUT2D eigenvalue weighted by Gasteiger charge is 2.48. The van der Waals surface area contributed by atoms with E-state index in [0.29, 0.717) is 6.42 Å². The van der Waals surface area contributed by atoms with Crippen LogP contribution in [0.3, 0.4) is 0 Å². The van der Waals surface area contributed by atoms with Gasteiger partial charge < -0.3 is 9.47 Å². The molecule has 1 saturated heterocycles. The summed E-state index contributed by atoms with van der Waals surface area (Å²) in [4.78, 5) is 37.5. The maximum absolute atomic E-state index is 12.2. The zero-order valence-electron chi connectivity index (χ0n) is 13.5. The van der Waals surface area contributed by atoms with E-state index in [1.165, 1.54) is 12.0 Å². The Morgan fingerprint density at radius 1 is 1.33 bits per heavy atom. The van der Waals surface area contributed by atoms with Crippen LogP contribution in [-0.2, 0) is 19.1 Å². The van der Waals surface area contributed by atoms with Crippen molar-refractivity contribution in [3.05, 3.63) is 0 Å². The fraction of sp³-hybridized carbons (Fsp3) is 0.800. The largest absolute Gasteiger partial charge is 0.468 e. The van der Waals surface area contributed by atoms with Gasteiger partial charge in [-0.2, -0.15) is 0 Å². The zero-order valence-corrected chi connectivity index (χ0v) is 13.5. The van der Waals surface area contributed by atoms with Crippen LogP contribution in [0.1, 0.15) is 47.0 Å². The van der Waals surface area contributed by atoms with Crippen LogP contribution in [0.5, 0.6) is 0 Å². The van der Waals surface area contributed by atoms with Gasteiger partial charge in [0.25, 0.3) is 0 Å². The quantitative estimate of drug-likeness (QED) is 0.587. The van der Waals surface area contributed by atoms with E-state index in [0.717, 1.165) is 12.8 Å². The molecule has 6 nitrogen and oxygen atoms in total. The number of esters is 1. The van der Waals surface area contributed by atoms with Crippen LogP contribution in [0, 0.1) is 5.92 Å². The summed E-state index contributed by atoms with van der Waals surface area (Å²) in [6, 6.07) is -0.472. The van der Waals surface area contributed by atoms with Crippen molar-refractivity contribution in [1.29, 1.82) is 0 Å². The zero-order chi connectivity index (χ0) is 16.2. The molecule has 0 aromatic rings. The van der Waals surface area contributed by atoms with Crippen molar-refractivity contribution < 1.29 is 23.9 Å². The van der Waals surface area contributed by atoms with Gasteiger partial charge in [0.1, 0.15) is 11.5 Å². The number of unbranched alkanes of at least 4 members (excludes halogenated alkanes) is 1. The summed E-state index contributed by atoms with van der Waals surface area (Å²) in [7, 11) is 1.25. The maximum Gasteiger partial charge on any atom is 0.410 e. The Hall–Kier alpha value is -1.59. The lowest BCUT2D eigenvalue weighted by atomic mass is 9.95. The topological polar surface area (TPSA) is 72.9 Å². The number of ketones is 1. The van der Waals surface area contributed by atoms with Crippen LogP contribution in [-0.4, -0.2) is 48.0 Å². The van der Waals surface area contributed by atoms with Crippen molar-refractivity contribution >= 4 is 17.8 Å². The van der Waals surface area contributed by atoms with E-state index in [1.807, 2.05) is 6.92 Å². The van der Waals surface area contributed by atoms with Crippen molar-refractivity contribution in [2.45, 2.75) is 58.6 Å². The molecule has 0 spiro atoms. The minimum atomic E-state index is -0.894. The number of hydrogen-bond acceptors (Lipinski definition) is 5. The Morgan fingerprint density at radius 3 is 2.43 bits per heavy atom. The molecule has 0 saturated carbocycles. The Morgan fingerprint density at radius 2 is 1.95 bits per heavy atom. The summed E-state index contributed by atoms with van der Waals surface area (Å²) in [6.07, 6.45) is 1.77. The first-order valence-corrected chi connectivity index (χ1v) is 7.31. The molecule has 21 heavy (non-hydrogen) atoms. The van der Waals surface area contributed by atoms with Crippen LogP contribution < -0.4 is 0 Å². The van der Waals surface area contributed by atoms with Gasteiger partial charge in [0.2, 0.25) is 0 Å². The van der Waals surface area contributed by atoms with Gasteiger partial charge in [0.15, 0.2) is 5.78 Å². The van der Waals surface area contributed by atoms with Gasteiger partial charge in [-0.25, -0.2) is 4.79 Å². The highest BCUT2D eigenvalue weighted by atomic mass is 16.6. The number of carbonyl (C=O) groups excluding carboxylic acids is 3. The molecule has 6 heteroatoms. The molecule has 2 atom stereocenters. The molecule has 0 aromatic carbocycles. The van der Waals surface area contributed by atoms with Gasteiger partial charge in [-0.1, -0.05) is 19.8 Å². The third-order valence-corrected chi connectivity index (χ3v) is 3.39. The maximum atomic E-state index is 12.2. The SMILES string of the molecule is CCCC[C@@H]1C(C(=O)OC)C(=O)CN1C(=O)OC(C)(C)C. The number of ether oxygens (including phenoxy) is 2. The van der Waals surface area contributed by atoms with Gasteiger partial charge in [0, 0.05) is 0 Å². The number of likely N-dealkylation sites (tertiary alicyclic amines) is 1. The molecule has 1 unspecified atom stereocenters. The summed E-state index contributed by atoms with van der Waals surface area (Å²) in [5.41, 5.74) is -0.640. The van der Waals surface area contributed by atoms with Crippen LogP contribution >= 0.6 is 0 Å². The van der Waals surface area contributed by atoms with Gasteiger partial charge in [-0.15, -0.1) is 0 Å². The van der Waals surface area contributed by atoms with Gasteiger partial charge in [0.05, 0.1) is 19.7 Å². The van der Waals surface area contributed by atoms with E-state index in [-0.39, 0.29) is 12.3 Å². The Bertz CT molecular complexity index is 413.